The number of esters is 1. The minimum Gasteiger partial charge on any atom is -0.458 e. The Morgan fingerprint density at radius 1 is 1.22 bits per heavy atom. The zero-order valence-corrected chi connectivity index (χ0v) is 17.8. The molecule has 3 atom stereocenters. The Hall–Kier alpha value is -1.64. The van der Waals surface area contributed by atoms with Gasteiger partial charge in [0.15, 0.2) is 0 Å². The number of aliphatic imine (C=N–C) groups is 1. The molecule has 3 nitrogen and oxygen atoms in total. The lowest BCUT2D eigenvalue weighted by molar-refractivity contribution is -0.156. The Bertz CT molecular complexity index is 714. The van der Waals surface area contributed by atoms with Crippen LogP contribution >= 0.6 is 0 Å². The van der Waals surface area contributed by atoms with Gasteiger partial charge in [0.05, 0.1) is 0 Å². The molecule has 0 aliphatic heterocycles. The molecular formula is C24H35NO2. The maximum Gasteiger partial charge on any atom is 0.331 e. The van der Waals surface area contributed by atoms with Gasteiger partial charge < -0.3 is 4.74 Å². The molecule has 0 radical (unpaired) electrons. The Labute approximate surface area is 164 Å². The molecule has 27 heavy (non-hydrogen) atoms. The first-order valence-corrected chi connectivity index (χ1v) is 10.4. The molecule has 1 aromatic rings. The molecule has 2 bridgehead atoms. The number of hydrogen-bond donors (Lipinski definition) is 0. The minimum absolute atomic E-state index is 0.116. The Morgan fingerprint density at radius 2 is 1.89 bits per heavy atom. The third-order valence-electron chi connectivity index (χ3n) is 7.05. The van der Waals surface area contributed by atoms with E-state index in [-0.39, 0.29) is 16.8 Å². The average molecular weight is 370 g/mol. The number of carbonyl (C=O) groups excluding carboxylic acids is 1. The summed E-state index contributed by atoms with van der Waals surface area (Å²) in [6.07, 6.45) is 5.04. The summed E-state index contributed by atoms with van der Waals surface area (Å²) in [6.45, 7) is 12.9. The van der Waals surface area contributed by atoms with E-state index in [1.807, 2.05) is 39.0 Å². The summed E-state index contributed by atoms with van der Waals surface area (Å²) in [7, 11) is 0. The van der Waals surface area contributed by atoms with Crippen LogP contribution in [-0.4, -0.2) is 23.3 Å². The van der Waals surface area contributed by atoms with Crippen molar-refractivity contribution in [1.82, 2.24) is 0 Å². The summed E-state index contributed by atoms with van der Waals surface area (Å²) < 4.78 is 5.72. The van der Waals surface area contributed by atoms with Gasteiger partial charge in [0.1, 0.15) is 11.6 Å². The predicted molar refractivity (Wildman–Crippen MR) is 111 cm³/mol. The molecule has 2 fully saturated rings. The molecule has 2 aliphatic carbocycles. The summed E-state index contributed by atoms with van der Waals surface area (Å²) >= 11 is 0. The SMILES string of the molecule is CC(C)(C)OC(=O)[C@H](CCc1ccccc1)N=C1C[C@H]2CC[C@]1(C)C2(C)C. The van der Waals surface area contributed by atoms with Crippen LogP contribution in [0.25, 0.3) is 0 Å². The maximum absolute atomic E-state index is 12.9. The summed E-state index contributed by atoms with van der Waals surface area (Å²) in [5.41, 5.74) is 2.38. The van der Waals surface area contributed by atoms with Gasteiger partial charge in [0, 0.05) is 11.1 Å². The molecule has 3 heteroatoms. The second-order valence-corrected chi connectivity index (χ2v) is 10.1. The Morgan fingerprint density at radius 3 is 2.41 bits per heavy atom. The highest BCUT2D eigenvalue weighted by Crippen LogP contribution is 2.64. The normalized spacial score (nSPS) is 29.1. The molecule has 0 saturated heterocycles. The number of hydrogen-bond acceptors (Lipinski definition) is 3. The maximum atomic E-state index is 12.9. The van der Waals surface area contributed by atoms with Crippen molar-refractivity contribution in [1.29, 1.82) is 0 Å². The lowest BCUT2D eigenvalue weighted by atomic mass is 9.70. The Balaban J connectivity index is 1.83. The van der Waals surface area contributed by atoms with Gasteiger partial charge >= 0.3 is 5.97 Å². The van der Waals surface area contributed by atoms with Crippen molar-refractivity contribution in [2.24, 2.45) is 21.7 Å². The van der Waals surface area contributed by atoms with Gasteiger partial charge in [0.2, 0.25) is 0 Å². The topological polar surface area (TPSA) is 38.7 Å². The van der Waals surface area contributed by atoms with Crippen LogP contribution in [0.3, 0.4) is 0 Å². The molecule has 1 aromatic carbocycles. The number of rotatable bonds is 5. The van der Waals surface area contributed by atoms with Crippen molar-refractivity contribution in [2.45, 2.75) is 85.3 Å². The molecule has 0 heterocycles. The van der Waals surface area contributed by atoms with Crippen molar-refractivity contribution in [3.63, 3.8) is 0 Å². The lowest BCUT2D eigenvalue weighted by Gasteiger charge is -2.35. The summed E-state index contributed by atoms with van der Waals surface area (Å²) in [4.78, 5) is 18.0. The van der Waals surface area contributed by atoms with E-state index >= 15 is 0 Å². The highest BCUT2D eigenvalue weighted by Gasteiger charge is 2.59. The van der Waals surface area contributed by atoms with Gasteiger partial charge in [0.25, 0.3) is 0 Å². The molecule has 0 amide bonds. The van der Waals surface area contributed by atoms with Crippen LogP contribution in [0.5, 0.6) is 0 Å². The van der Waals surface area contributed by atoms with E-state index in [1.54, 1.807) is 0 Å². The van der Waals surface area contributed by atoms with E-state index in [4.69, 9.17) is 9.73 Å². The second-order valence-electron chi connectivity index (χ2n) is 10.1. The number of carbonyl (C=O) groups is 1. The molecule has 2 aliphatic rings. The molecule has 0 aromatic heterocycles. The quantitative estimate of drug-likeness (QED) is 0.632. The van der Waals surface area contributed by atoms with Crippen LogP contribution in [0.1, 0.15) is 72.8 Å². The standard InChI is InChI=1S/C24H35NO2/c1-22(2,3)27-21(26)19(13-12-17-10-8-7-9-11-17)25-20-16-18-14-15-24(20,6)23(18,4)5/h7-11,18-19H,12-16H2,1-6H3/t18-,19+,24+/m1/s1. The fourth-order valence-corrected chi connectivity index (χ4v) is 4.86. The van der Waals surface area contributed by atoms with Crippen molar-refractivity contribution < 1.29 is 9.53 Å². The third-order valence-corrected chi connectivity index (χ3v) is 7.05. The zero-order chi connectivity index (χ0) is 19.9. The number of fused-ring (bicyclic) bond motifs is 2. The summed E-state index contributed by atoms with van der Waals surface area (Å²) in [5.74, 6) is 0.504. The van der Waals surface area contributed by atoms with E-state index in [0.717, 1.165) is 12.8 Å². The predicted octanol–water partition coefficient (Wildman–Crippen LogP) is 5.62. The molecule has 3 rings (SSSR count). The second kappa shape index (κ2) is 7.07. The number of aryl methyl sites for hydroxylation is 1. The van der Waals surface area contributed by atoms with E-state index < -0.39 is 11.6 Å². The number of benzene rings is 1. The van der Waals surface area contributed by atoms with Crippen LogP contribution in [0.15, 0.2) is 35.3 Å². The van der Waals surface area contributed by atoms with E-state index in [0.29, 0.717) is 12.3 Å². The van der Waals surface area contributed by atoms with E-state index in [1.165, 1.54) is 24.1 Å². The van der Waals surface area contributed by atoms with Crippen LogP contribution < -0.4 is 0 Å². The van der Waals surface area contributed by atoms with E-state index in [2.05, 4.69) is 32.9 Å². The highest BCUT2D eigenvalue weighted by molar-refractivity contribution is 5.96. The first kappa shape index (κ1) is 20.1. The number of nitrogens with zero attached hydrogens (tertiary/aromatic N) is 1. The van der Waals surface area contributed by atoms with Crippen LogP contribution in [0.2, 0.25) is 0 Å². The minimum atomic E-state index is -0.486. The van der Waals surface area contributed by atoms with Crippen molar-refractivity contribution >= 4 is 11.7 Å². The first-order valence-electron chi connectivity index (χ1n) is 10.4. The fraction of sp³-hybridized carbons (Fsp3) is 0.667. The van der Waals surface area contributed by atoms with Gasteiger partial charge in [-0.3, -0.25) is 4.99 Å². The molecule has 0 spiro atoms. The van der Waals surface area contributed by atoms with Gasteiger partial charge in [-0.05, 0) is 69.8 Å². The average Bonchev–Trinajstić information content (AvgIpc) is 2.91. The van der Waals surface area contributed by atoms with Gasteiger partial charge in [-0.1, -0.05) is 51.1 Å². The van der Waals surface area contributed by atoms with Crippen molar-refractivity contribution in [3.8, 4) is 0 Å². The molecule has 0 unspecified atom stereocenters. The Kier molecular flexibility index (Phi) is 5.26. The molecular weight excluding hydrogens is 334 g/mol. The van der Waals surface area contributed by atoms with Gasteiger partial charge in [-0.25, -0.2) is 4.79 Å². The fourth-order valence-electron chi connectivity index (χ4n) is 4.86. The molecule has 0 N–H and O–H groups in total. The van der Waals surface area contributed by atoms with Gasteiger partial charge in [-0.15, -0.1) is 0 Å². The lowest BCUT2D eigenvalue weighted by Crippen LogP contribution is -2.36. The summed E-state index contributed by atoms with van der Waals surface area (Å²) in [6, 6.07) is 9.92. The smallest absolute Gasteiger partial charge is 0.331 e. The molecule has 148 valence electrons. The van der Waals surface area contributed by atoms with Crippen LogP contribution in [0.4, 0.5) is 0 Å². The summed E-state index contributed by atoms with van der Waals surface area (Å²) in [5, 5.41) is 0. The largest absolute Gasteiger partial charge is 0.458 e. The molecule has 2 saturated carbocycles. The first-order chi connectivity index (χ1) is 12.5. The zero-order valence-electron chi connectivity index (χ0n) is 17.8. The van der Waals surface area contributed by atoms with Crippen molar-refractivity contribution in [3.05, 3.63) is 35.9 Å². The van der Waals surface area contributed by atoms with Crippen LogP contribution in [-0.2, 0) is 16.0 Å². The van der Waals surface area contributed by atoms with Crippen LogP contribution in [0, 0.1) is 16.7 Å². The monoisotopic (exact) mass is 369 g/mol. The third kappa shape index (κ3) is 3.97. The number of ether oxygens (including phenoxy) is 1. The van der Waals surface area contributed by atoms with Gasteiger partial charge in [-0.2, -0.15) is 0 Å². The highest BCUT2D eigenvalue weighted by atomic mass is 16.6. The van der Waals surface area contributed by atoms with Crippen molar-refractivity contribution in [2.75, 3.05) is 0 Å². The van der Waals surface area contributed by atoms with E-state index in [9.17, 15) is 4.79 Å².